The van der Waals surface area contributed by atoms with Gasteiger partial charge in [0.05, 0.1) is 36.2 Å². The van der Waals surface area contributed by atoms with Crippen LogP contribution < -0.4 is 14.4 Å². The Morgan fingerprint density at radius 3 is 2.65 bits per heavy atom. The van der Waals surface area contributed by atoms with Crippen LogP contribution in [0, 0.1) is 0 Å². The van der Waals surface area contributed by atoms with Gasteiger partial charge in [0.2, 0.25) is 15.9 Å². The standard InChI is InChI=1S/C20H23ClN2O6S2/c1-4-29-20(25)18-13-6-5-7-16(13)30-19(18)22-17(24)11-23(31(3,26)27)12-8-9-15(28-2)14(21)10-12/h8-10H,4-7,11H2,1-3H3,(H,22,24). The van der Waals surface area contributed by atoms with E-state index in [0.717, 1.165) is 40.3 Å². The van der Waals surface area contributed by atoms with Crippen molar-refractivity contribution < 1.29 is 27.5 Å². The highest BCUT2D eigenvalue weighted by atomic mass is 35.5. The molecule has 1 amide bonds. The highest BCUT2D eigenvalue weighted by molar-refractivity contribution is 7.92. The number of anilines is 2. The molecule has 31 heavy (non-hydrogen) atoms. The molecule has 1 aromatic carbocycles. The average molecular weight is 487 g/mol. The van der Waals surface area contributed by atoms with E-state index in [1.54, 1.807) is 6.92 Å². The SMILES string of the molecule is CCOC(=O)c1c(NC(=O)CN(c2ccc(OC)c(Cl)c2)S(C)(=O)=O)sc2c1CCC2. The second-order valence-electron chi connectivity index (χ2n) is 6.92. The van der Waals surface area contributed by atoms with Crippen LogP contribution in [-0.2, 0) is 32.4 Å². The molecule has 0 fully saturated rings. The summed E-state index contributed by atoms with van der Waals surface area (Å²) < 4.78 is 35.9. The molecule has 0 spiro atoms. The van der Waals surface area contributed by atoms with Crippen molar-refractivity contribution in [1.82, 2.24) is 0 Å². The Hall–Kier alpha value is -2.30. The largest absolute Gasteiger partial charge is 0.495 e. The van der Waals surface area contributed by atoms with Crippen LogP contribution in [-0.4, -0.2) is 46.8 Å². The van der Waals surface area contributed by atoms with Crippen LogP contribution >= 0.6 is 22.9 Å². The van der Waals surface area contributed by atoms with Gasteiger partial charge in [0.1, 0.15) is 17.3 Å². The number of rotatable bonds is 8. The number of benzene rings is 1. The molecule has 11 heteroatoms. The van der Waals surface area contributed by atoms with Crippen molar-refractivity contribution in [1.29, 1.82) is 0 Å². The fourth-order valence-electron chi connectivity index (χ4n) is 3.42. The first-order valence-electron chi connectivity index (χ1n) is 9.58. The van der Waals surface area contributed by atoms with Crippen LogP contribution in [0.25, 0.3) is 0 Å². The smallest absolute Gasteiger partial charge is 0.341 e. The fourth-order valence-corrected chi connectivity index (χ4v) is 5.81. The zero-order valence-corrected chi connectivity index (χ0v) is 19.7. The molecule has 1 aliphatic carbocycles. The quantitative estimate of drug-likeness (QED) is 0.573. The van der Waals surface area contributed by atoms with Gasteiger partial charge in [-0.25, -0.2) is 13.2 Å². The number of carbonyl (C=O) groups is 2. The van der Waals surface area contributed by atoms with Crippen molar-refractivity contribution >= 4 is 55.5 Å². The Morgan fingerprint density at radius 1 is 1.29 bits per heavy atom. The molecule has 0 unspecified atom stereocenters. The Balaban J connectivity index is 1.86. The normalized spacial score (nSPS) is 12.9. The Labute approximate surface area is 190 Å². The number of amides is 1. The first kappa shape index (κ1) is 23.4. The minimum absolute atomic E-state index is 0.216. The van der Waals surface area contributed by atoms with Gasteiger partial charge in [-0.1, -0.05) is 11.6 Å². The maximum Gasteiger partial charge on any atom is 0.341 e. The molecule has 168 valence electrons. The number of thiophene rings is 1. The van der Waals surface area contributed by atoms with Crippen LogP contribution in [0.3, 0.4) is 0 Å². The number of nitrogens with zero attached hydrogens (tertiary/aromatic N) is 1. The minimum atomic E-state index is -3.79. The van der Waals surface area contributed by atoms with E-state index < -0.39 is 28.4 Å². The maximum absolute atomic E-state index is 12.8. The number of hydrogen-bond acceptors (Lipinski definition) is 7. The molecule has 1 aromatic heterocycles. The summed E-state index contributed by atoms with van der Waals surface area (Å²) in [7, 11) is -2.34. The summed E-state index contributed by atoms with van der Waals surface area (Å²) in [4.78, 5) is 26.3. The monoisotopic (exact) mass is 486 g/mol. The van der Waals surface area contributed by atoms with Gasteiger partial charge in [-0.15, -0.1) is 11.3 Å². The number of fused-ring (bicyclic) bond motifs is 1. The Kier molecular flexibility index (Phi) is 7.13. The zero-order chi connectivity index (χ0) is 22.8. The molecule has 0 radical (unpaired) electrons. The Morgan fingerprint density at radius 2 is 2.03 bits per heavy atom. The van der Waals surface area contributed by atoms with Crippen molar-refractivity contribution in [2.45, 2.75) is 26.2 Å². The number of carbonyl (C=O) groups excluding carboxylic acids is 2. The molecule has 1 heterocycles. The van der Waals surface area contributed by atoms with E-state index in [2.05, 4.69) is 5.32 Å². The van der Waals surface area contributed by atoms with Gasteiger partial charge in [0, 0.05) is 4.88 Å². The van der Waals surface area contributed by atoms with Crippen molar-refractivity contribution in [2.75, 3.05) is 36.1 Å². The molecular weight excluding hydrogens is 464 g/mol. The summed E-state index contributed by atoms with van der Waals surface area (Å²) in [6, 6.07) is 4.44. The number of methoxy groups -OCH3 is 1. The number of ether oxygens (including phenoxy) is 2. The number of sulfonamides is 1. The van der Waals surface area contributed by atoms with Crippen LogP contribution in [0.4, 0.5) is 10.7 Å². The van der Waals surface area contributed by atoms with Crippen molar-refractivity contribution in [3.63, 3.8) is 0 Å². The van der Waals surface area contributed by atoms with E-state index in [1.807, 2.05) is 0 Å². The number of hydrogen-bond donors (Lipinski definition) is 1. The molecule has 2 aromatic rings. The highest BCUT2D eigenvalue weighted by Gasteiger charge is 2.29. The zero-order valence-electron chi connectivity index (χ0n) is 17.4. The summed E-state index contributed by atoms with van der Waals surface area (Å²) >= 11 is 7.45. The summed E-state index contributed by atoms with van der Waals surface area (Å²) in [5, 5.41) is 3.30. The Bertz CT molecular complexity index is 1110. The van der Waals surface area contributed by atoms with Gasteiger partial charge in [-0.3, -0.25) is 9.10 Å². The average Bonchev–Trinajstić information content (AvgIpc) is 3.26. The van der Waals surface area contributed by atoms with Crippen LogP contribution in [0.15, 0.2) is 18.2 Å². The lowest BCUT2D eigenvalue weighted by Gasteiger charge is -2.22. The van der Waals surface area contributed by atoms with E-state index in [-0.39, 0.29) is 17.3 Å². The highest BCUT2D eigenvalue weighted by Crippen LogP contribution is 2.39. The van der Waals surface area contributed by atoms with Gasteiger partial charge in [-0.05, 0) is 49.9 Å². The molecule has 0 saturated carbocycles. The van der Waals surface area contributed by atoms with Crippen LogP contribution in [0.5, 0.6) is 5.75 Å². The first-order chi connectivity index (χ1) is 14.7. The minimum Gasteiger partial charge on any atom is -0.495 e. The van der Waals surface area contributed by atoms with Crippen molar-refractivity contribution in [3.8, 4) is 5.75 Å². The summed E-state index contributed by atoms with van der Waals surface area (Å²) in [6.07, 6.45) is 3.53. The third-order valence-electron chi connectivity index (χ3n) is 4.76. The number of aryl methyl sites for hydroxylation is 1. The van der Waals surface area contributed by atoms with Gasteiger partial charge < -0.3 is 14.8 Å². The molecular formula is C20H23ClN2O6S2. The van der Waals surface area contributed by atoms with Crippen molar-refractivity contribution in [3.05, 3.63) is 39.2 Å². The summed E-state index contributed by atoms with van der Waals surface area (Å²) in [5.41, 5.74) is 1.49. The molecule has 3 rings (SSSR count). The third kappa shape index (κ3) is 5.13. The van der Waals surface area contributed by atoms with E-state index in [1.165, 1.54) is 36.6 Å². The third-order valence-corrected chi connectivity index (χ3v) is 7.41. The van der Waals surface area contributed by atoms with E-state index >= 15 is 0 Å². The lowest BCUT2D eigenvalue weighted by atomic mass is 10.1. The molecule has 0 saturated heterocycles. The molecule has 1 aliphatic rings. The summed E-state index contributed by atoms with van der Waals surface area (Å²) in [6.45, 7) is 1.45. The molecule has 0 bridgehead atoms. The molecule has 1 N–H and O–H groups in total. The first-order valence-corrected chi connectivity index (χ1v) is 12.6. The number of nitrogens with one attached hydrogen (secondary N) is 1. The fraction of sp³-hybridized carbons (Fsp3) is 0.400. The topological polar surface area (TPSA) is 102 Å². The second-order valence-corrected chi connectivity index (χ2v) is 10.3. The predicted molar refractivity (Wildman–Crippen MR) is 121 cm³/mol. The van der Waals surface area contributed by atoms with Gasteiger partial charge in [-0.2, -0.15) is 0 Å². The van der Waals surface area contributed by atoms with Gasteiger partial charge in [0.15, 0.2) is 0 Å². The lowest BCUT2D eigenvalue weighted by molar-refractivity contribution is -0.114. The molecule has 0 aliphatic heterocycles. The second kappa shape index (κ2) is 9.46. The van der Waals surface area contributed by atoms with Gasteiger partial charge >= 0.3 is 5.97 Å². The van der Waals surface area contributed by atoms with Gasteiger partial charge in [0.25, 0.3) is 0 Å². The van der Waals surface area contributed by atoms with Crippen molar-refractivity contribution in [2.24, 2.45) is 0 Å². The van der Waals surface area contributed by atoms with E-state index in [0.29, 0.717) is 16.3 Å². The van der Waals surface area contributed by atoms with Crippen LogP contribution in [0.1, 0.15) is 34.1 Å². The summed E-state index contributed by atoms with van der Waals surface area (Å²) in [5.74, 6) is -0.683. The lowest BCUT2D eigenvalue weighted by Crippen LogP contribution is -2.37. The van der Waals surface area contributed by atoms with E-state index in [9.17, 15) is 18.0 Å². The number of halogens is 1. The molecule has 8 nitrogen and oxygen atoms in total. The van der Waals surface area contributed by atoms with Crippen LogP contribution in [0.2, 0.25) is 5.02 Å². The number of esters is 1. The predicted octanol–water partition coefficient (Wildman–Crippen LogP) is 3.48. The maximum atomic E-state index is 12.8. The molecule has 0 atom stereocenters. The van der Waals surface area contributed by atoms with E-state index in [4.69, 9.17) is 21.1 Å².